The quantitative estimate of drug-likeness (QED) is 0.379. The molecule has 0 aromatic heterocycles. The Kier molecular flexibility index (Phi) is 7.86. The Labute approximate surface area is 249 Å². The van der Waals surface area contributed by atoms with Crippen molar-refractivity contribution in [1.29, 1.82) is 0 Å². The number of nitrogens with zero attached hydrogens (tertiary/aromatic N) is 1. The first kappa shape index (κ1) is 32.2. The largest absolute Gasteiger partial charge is 0.481 e. The zero-order valence-electron chi connectivity index (χ0n) is 23.5. The van der Waals surface area contributed by atoms with E-state index in [9.17, 15) is 49.5 Å². The fraction of sp³-hybridized carbons (Fsp3) is 0.533. The molecule has 3 aliphatic rings. The summed E-state index contributed by atoms with van der Waals surface area (Å²) < 4.78 is 123. The Morgan fingerprint density at radius 2 is 1.43 bits per heavy atom. The number of benzene rings is 2. The van der Waals surface area contributed by atoms with Crippen molar-refractivity contribution < 1.29 is 53.8 Å². The molecule has 1 saturated heterocycles. The van der Waals surface area contributed by atoms with Crippen LogP contribution in [0.2, 0.25) is 0 Å². The maximum absolute atomic E-state index is 15.0. The van der Waals surface area contributed by atoms with Crippen LogP contribution in [0, 0.1) is 18.8 Å². The molecule has 1 saturated carbocycles. The van der Waals surface area contributed by atoms with E-state index in [1.807, 2.05) is 0 Å². The summed E-state index contributed by atoms with van der Waals surface area (Å²) in [6, 6.07) is 6.44. The van der Waals surface area contributed by atoms with Gasteiger partial charge in [0, 0.05) is 18.0 Å². The number of hydrogen-bond acceptors (Lipinski definition) is 4. The highest BCUT2D eigenvalue weighted by atomic mass is 32.2. The molecule has 2 atom stereocenters. The van der Waals surface area contributed by atoms with Gasteiger partial charge in [-0.15, -0.1) is 0 Å². The predicted octanol–water partition coefficient (Wildman–Crippen LogP) is 6.39. The molecule has 1 N–H and O–H groups in total. The molecule has 5 rings (SSSR count). The first-order valence-corrected chi connectivity index (χ1v) is 15.7. The number of sulfone groups is 1. The lowest BCUT2D eigenvalue weighted by molar-refractivity contribution is -0.348. The molecular formula is C30H30F7NO5S. The molecule has 2 aliphatic carbocycles. The molecule has 0 spiro atoms. The van der Waals surface area contributed by atoms with Crippen LogP contribution in [0.5, 0.6) is 0 Å². The Balaban J connectivity index is 1.62. The number of halogens is 7. The van der Waals surface area contributed by atoms with Gasteiger partial charge in [-0.3, -0.25) is 9.59 Å². The van der Waals surface area contributed by atoms with Crippen molar-refractivity contribution in [2.75, 3.05) is 6.54 Å². The van der Waals surface area contributed by atoms with E-state index in [0.717, 1.165) is 11.6 Å². The topological polar surface area (TPSA) is 91.8 Å². The van der Waals surface area contributed by atoms with Gasteiger partial charge in [0.1, 0.15) is 4.75 Å². The number of amides is 1. The van der Waals surface area contributed by atoms with Crippen molar-refractivity contribution in [2.24, 2.45) is 11.8 Å². The Bertz CT molecular complexity index is 1550. The van der Waals surface area contributed by atoms with Gasteiger partial charge >= 0.3 is 24.0 Å². The van der Waals surface area contributed by atoms with Gasteiger partial charge in [0.15, 0.2) is 9.84 Å². The zero-order chi connectivity index (χ0) is 32.5. The molecule has 6 nitrogen and oxygen atoms in total. The van der Waals surface area contributed by atoms with Crippen LogP contribution < -0.4 is 0 Å². The van der Waals surface area contributed by atoms with E-state index < -0.39 is 62.0 Å². The van der Waals surface area contributed by atoms with E-state index in [1.54, 1.807) is 19.1 Å². The molecule has 0 bridgehead atoms. The highest BCUT2D eigenvalue weighted by Crippen LogP contribution is 2.57. The molecule has 1 aliphatic heterocycles. The lowest BCUT2D eigenvalue weighted by Gasteiger charge is -2.44. The summed E-state index contributed by atoms with van der Waals surface area (Å²) in [4.78, 5) is 26.5. The molecular weight excluding hydrogens is 619 g/mol. The fourth-order valence-corrected chi connectivity index (χ4v) is 9.61. The summed E-state index contributed by atoms with van der Waals surface area (Å²) in [6.07, 6.45) is -12.0. The molecule has 2 fully saturated rings. The van der Waals surface area contributed by atoms with Crippen LogP contribution >= 0.6 is 0 Å². The van der Waals surface area contributed by atoms with Gasteiger partial charge in [0.05, 0.1) is 16.9 Å². The minimum atomic E-state index is -6.33. The maximum atomic E-state index is 15.0. The third kappa shape index (κ3) is 4.78. The van der Waals surface area contributed by atoms with Crippen LogP contribution in [0.15, 0.2) is 47.4 Å². The summed E-state index contributed by atoms with van der Waals surface area (Å²) in [6.45, 7) is 1.68. The van der Waals surface area contributed by atoms with Crippen molar-refractivity contribution in [2.45, 2.75) is 85.6 Å². The minimum absolute atomic E-state index is 0.0488. The van der Waals surface area contributed by atoms with Gasteiger partial charge in [-0.1, -0.05) is 35.9 Å². The van der Waals surface area contributed by atoms with Crippen molar-refractivity contribution in [3.63, 3.8) is 0 Å². The third-order valence-corrected chi connectivity index (χ3v) is 12.1. The monoisotopic (exact) mass is 649 g/mol. The number of rotatable bonds is 5. The van der Waals surface area contributed by atoms with Crippen LogP contribution in [0.3, 0.4) is 0 Å². The summed E-state index contributed by atoms with van der Waals surface area (Å²) in [5.41, 5.74) is -6.86. The van der Waals surface area contributed by atoms with Crippen LogP contribution in [0.1, 0.15) is 60.8 Å². The molecule has 14 heteroatoms. The predicted molar refractivity (Wildman–Crippen MR) is 143 cm³/mol. The first-order chi connectivity index (χ1) is 20.4. The molecule has 44 heavy (non-hydrogen) atoms. The van der Waals surface area contributed by atoms with Crippen LogP contribution in [0.4, 0.5) is 30.7 Å². The summed E-state index contributed by atoms with van der Waals surface area (Å²) >= 11 is 0. The van der Waals surface area contributed by atoms with Gasteiger partial charge < -0.3 is 10.0 Å². The second kappa shape index (κ2) is 10.7. The summed E-state index contributed by atoms with van der Waals surface area (Å²) in [7, 11) is -4.42. The second-order valence-electron chi connectivity index (χ2n) is 12.0. The fourth-order valence-electron chi connectivity index (χ4n) is 7.24. The molecule has 0 unspecified atom stereocenters. The van der Waals surface area contributed by atoms with Crippen molar-refractivity contribution in [3.8, 4) is 0 Å². The number of carbonyl (C=O) groups is 2. The molecule has 240 valence electrons. The minimum Gasteiger partial charge on any atom is -0.481 e. The van der Waals surface area contributed by atoms with Gasteiger partial charge in [0.25, 0.3) is 0 Å². The number of aliphatic carboxylic acids is 1. The van der Waals surface area contributed by atoms with Crippen molar-refractivity contribution in [1.82, 2.24) is 4.90 Å². The highest BCUT2D eigenvalue weighted by Gasteiger charge is 2.74. The smallest absolute Gasteiger partial charge is 0.435 e. The zero-order valence-corrected chi connectivity index (χ0v) is 24.3. The summed E-state index contributed by atoms with van der Waals surface area (Å²) in [5.74, 6) is -2.47. The number of fused-ring (bicyclic) bond motifs is 3. The summed E-state index contributed by atoms with van der Waals surface area (Å²) in [5, 5.41) is 9.32. The average Bonchev–Trinajstić information content (AvgIpc) is 3.37. The first-order valence-electron chi connectivity index (χ1n) is 14.2. The van der Waals surface area contributed by atoms with E-state index in [-0.39, 0.29) is 73.4 Å². The van der Waals surface area contributed by atoms with Crippen molar-refractivity contribution in [3.05, 3.63) is 64.7 Å². The second-order valence-corrected chi connectivity index (χ2v) is 14.2. The van der Waals surface area contributed by atoms with Gasteiger partial charge in [-0.25, -0.2) is 12.8 Å². The lowest BCUT2D eigenvalue weighted by Crippen LogP contribution is -2.53. The number of carbonyl (C=O) groups excluding carboxylic acids is 1. The molecule has 2 aromatic rings. The Morgan fingerprint density at radius 3 is 1.98 bits per heavy atom. The SMILES string of the molecule is Cc1ccc(S(=O)(=O)[C@@]23CCN(C(=O)C4CCC(C(=O)O)CC4)[C@@H]2CCc2cc(C(F)(C(F)(F)F)C(F)(F)F)ccc23)cc1. The number of carboxylic acids is 1. The Hall–Kier alpha value is -3.16. The number of carboxylic acid groups (broad SMARTS) is 1. The average molecular weight is 650 g/mol. The lowest BCUT2D eigenvalue weighted by atomic mass is 9.76. The Morgan fingerprint density at radius 1 is 0.864 bits per heavy atom. The van der Waals surface area contributed by atoms with Crippen molar-refractivity contribution >= 4 is 21.7 Å². The third-order valence-electron chi connectivity index (χ3n) is 9.59. The highest BCUT2D eigenvalue weighted by molar-refractivity contribution is 7.92. The normalized spacial score (nSPS) is 26.2. The van der Waals surface area contributed by atoms with Crippen LogP contribution in [0.25, 0.3) is 0 Å². The van der Waals surface area contributed by atoms with Crippen LogP contribution in [-0.2, 0) is 36.3 Å². The van der Waals surface area contributed by atoms with E-state index in [1.165, 1.54) is 17.0 Å². The molecule has 1 heterocycles. The van der Waals surface area contributed by atoms with E-state index in [0.29, 0.717) is 12.1 Å². The standard InChI is InChI=1S/C30H30F7NO5S/c1-17-2-10-22(11-3-17)44(42,43)27-14-15-38(25(39)18-4-6-19(7-5-18)26(40)41)24(27)13-8-20-16-21(9-12-23(20)27)28(31,29(32,33)34)30(35,36)37/h2-3,9-12,16,18-19,24H,4-8,13-15H2,1H3,(H,40,41)/t18?,19?,24-,27-/m1/s1. The number of alkyl halides is 7. The van der Waals surface area contributed by atoms with Crippen LogP contribution in [-0.4, -0.2) is 55.2 Å². The number of aryl methyl sites for hydroxylation is 2. The van der Waals surface area contributed by atoms with E-state index in [4.69, 9.17) is 0 Å². The van der Waals surface area contributed by atoms with Gasteiger partial charge in [-0.05, 0) is 75.1 Å². The van der Waals surface area contributed by atoms with Gasteiger partial charge in [0.2, 0.25) is 5.91 Å². The molecule has 0 radical (unpaired) electrons. The molecule has 1 amide bonds. The maximum Gasteiger partial charge on any atom is 0.435 e. The van der Waals surface area contributed by atoms with E-state index >= 15 is 4.39 Å². The van der Waals surface area contributed by atoms with E-state index in [2.05, 4.69) is 0 Å². The van der Waals surface area contributed by atoms with Gasteiger partial charge in [-0.2, -0.15) is 26.3 Å². The number of hydrogen-bond donors (Lipinski definition) is 1. The molecule has 2 aromatic carbocycles. The number of likely N-dealkylation sites (tertiary alicyclic amines) is 1.